The van der Waals surface area contributed by atoms with E-state index >= 15 is 0 Å². The summed E-state index contributed by atoms with van der Waals surface area (Å²) in [5.74, 6) is -0.196. The second-order valence-corrected chi connectivity index (χ2v) is 15.5. The van der Waals surface area contributed by atoms with Gasteiger partial charge in [-0.2, -0.15) is 0 Å². The molecule has 2 aromatic carbocycles. The summed E-state index contributed by atoms with van der Waals surface area (Å²) in [6, 6.07) is 11.3. The zero-order valence-corrected chi connectivity index (χ0v) is 31.8. The van der Waals surface area contributed by atoms with Crippen LogP contribution in [0.1, 0.15) is 147 Å². The maximum atomic E-state index is 13.7. The van der Waals surface area contributed by atoms with Crippen LogP contribution in [0, 0.1) is 5.92 Å². The summed E-state index contributed by atoms with van der Waals surface area (Å²) in [4.78, 5) is 30.8. The fraction of sp³-hybridized carbons (Fsp3) is 0.625. The molecule has 0 radical (unpaired) electrons. The van der Waals surface area contributed by atoms with Crippen LogP contribution in [-0.4, -0.2) is 50.7 Å². The van der Waals surface area contributed by atoms with Crippen LogP contribution in [0.3, 0.4) is 0 Å². The molecule has 0 bridgehead atoms. The molecular weight excluding hydrogens is 651 g/mol. The molecule has 0 spiro atoms. The lowest BCUT2D eigenvalue weighted by molar-refractivity contribution is -0.115. The molecular formula is C40H61N3O6S. The van der Waals surface area contributed by atoms with Crippen molar-refractivity contribution < 1.29 is 27.5 Å². The average molecular weight is 712 g/mol. The second kappa shape index (κ2) is 22.4. The Morgan fingerprint density at radius 2 is 1.40 bits per heavy atom. The third-order valence-corrected chi connectivity index (χ3v) is 11.3. The lowest BCUT2D eigenvalue weighted by atomic mass is 10.0. The average Bonchev–Trinajstić information content (AvgIpc) is 3.11. The molecule has 1 heterocycles. The molecule has 1 aliphatic heterocycles. The molecule has 2 aromatic rings. The molecule has 10 heteroatoms. The van der Waals surface area contributed by atoms with Gasteiger partial charge in [-0.1, -0.05) is 136 Å². The van der Waals surface area contributed by atoms with Crippen molar-refractivity contribution in [1.29, 1.82) is 0 Å². The van der Waals surface area contributed by atoms with E-state index in [-0.39, 0.29) is 35.2 Å². The molecule has 9 nitrogen and oxygen atoms in total. The first kappa shape index (κ1) is 41.0. The molecule has 1 unspecified atom stereocenters. The molecule has 1 amide bonds. The van der Waals surface area contributed by atoms with Crippen molar-refractivity contribution in [2.24, 2.45) is 10.9 Å². The molecule has 0 fully saturated rings. The van der Waals surface area contributed by atoms with Gasteiger partial charge in [-0.05, 0) is 42.7 Å². The van der Waals surface area contributed by atoms with E-state index in [0.717, 1.165) is 25.7 Å². The number of unbranched alkanes of at least 4 members (excludes halogenated alkanes) is 15. The van der Waals surface area contributed by atoms with Gasteiger partial charge in [0.15, 0.2) is 0 Å². The van der Waals surface area contributed by atoms with Gasteiger partial charge < -0.3 is 14.8 Å². The number of carbonyl (C=O) groups excluding carboxylic acids is 2. The smallest absolute Gasteiger partial charge is 0.338 e. The number of hydrogen-bond acceptors (Lipinski definition) is 7. The van der Waals surface area contributed by atoms with Gasteiger partial charge in [0, 0.05) is 6.54 Å². The van der Waals surface area contributed by atoms with Crippen molar-refractivity contribution >= 4 is 39.1 Å². The van der Waals surface area contributed by atoms with E-state index in [1.165, 1.54) is 94.5 Å². The van der Waals surface area contributed by atoms with Crippen LogP contribution in [0.4, 0.5) is 11.4 Å². The minimum absolute atomic E-state index is 0.144. The Kier molecular flexibility index (Phi) is 18.4. The Morgan fingerprint density at radius 1 is 0.820 bits per heavy atom. The molecule has 0 saturated carbocycles. The number of nitrogens with zero attached hydrogens (tertiary/aromatic N) is 2. The molecule has 1 N–H and O–H groups in total. The number of fused-ring (bicyclic) bond motifs is 1. The van der Waals surface area contributed by atoms with Crippen molar-refractivity contribution in [1.82, 2.24) is 4.31 Å². The Bertz CT molecular complexity index is 1480. The highest BCUT2D eigenvalue weighted by atomic mass is 32.2. The van der Waals surface area contributed by atoms with Crippen LogP contribution >= 0.6 is 0 Å². The van der Waals surface area contributed by atoms with Crippen molar-refractivity contribution in [2.45, 2.75) is 141 Å². The van der Waals surface area contributed by atoms with Gasteiger partial charge in [0.05, 0.1) is 37.1 Å². The minimum atomic E-state index is -3.88. The molecule has 1 aliphatic rings. The summed E-state index contributed by atoms with van der Waals surface area (Å²) in [7, 11) is -2.41. The van der Waals surface area contributed by atoms with Gasteiger partial charge in [-0.15, -0.1) is 0 Å². The lowest BCUT2D eigenvalue weighted by Crippen LogP contribution is -2.41. The topological polar surface area (TPSA) is 114 Å². The van der Waals surface area contributed by atoms with Crippen LogP contribution < -0.4 is 10.1 Å². The normalized spacial score (nSPS) is 14.1. The van der Waals surface area contributed by atoms with Gasteiger partial charge in [-0.25, -0.2) is 18.2 Å². The third kappa shape index (κ3) is 13.4. The zero-order chi connectivity index (χ0) is 36.2. The predicted molar refractivity (Wildman–Crippen MR) is 203 cm³/mol. The van der Waals surface area contributed by atoms with Crippen molar-refractivity contribution in [3.8, 4) is 5.75 Å². The van der Waals surface area contributed by atoms with E-state index in [9.17, 15) is 18.0 Å². The molecule has 0 saturated heterocycles. The molecule has 50 heavy (non-hydrogen) atoms. The molecule has 3 rings (SSSR count). The highest BCUT2D eigenvalue weighted by Crippen LogP contribution is 2.34. The number of para-hydroxylation sites is 1. The maximum absolute atomic E-state index is 13.7. The number of ether oxygens (including phenoxy) is 2. The van der Waals surface area contributed by atoms with Crippen LogP contribution in [0.2, 0.25) is 0 Å². The fourth-order valence-corrected chi connectivity index (χ4v) is 7.71. The predicted octanol–water partition coefficient (Wildman–Crippen LogP) is 10.2. The van der Waals surface area contributed by atoms with E-state index in [1.807, 2.05) is 13.8 Å². The number of amides is 1. The van der Waals surface area contributed by atoms with Crippen LogP contribution in [0.5, 0.6) is 5.75 Å². The van der Waals surface area contributed by atoms with Crippen molar-refractivity contribution in [2.75, 3.05) is 25.6 Å². The number of sulfonamides is 1. The Balaban J connectivity index is 1.51. The maximum Gasteiger partial charge on any atom is 0.338 e. The number of esters is 1. The monoisotopic (exact) mass is 711 g/mol. The molecule has 1 atom stereocenters. The SMILES string of the molecule is CCCCCCCCCCCCCCCCCCN1C(CC(=O)Nc2cc(C(=O)OCC(C)CC)ccc2OC)=Nc2ccccc2S1(=O)=O. The van der Waals surface area contributed by atoms with Crippen molar-refractivity contribution in [3.63, 3.8) is 0 Å². The summed E-state index contributed by atoms with van der Waals surface area (Å²) in [6.45, 7) is 6.85. The number of methoxy groups -OCH3 is 1. The number of carbonyl (C=O) groups is 2. The number of anilines is 1. The molecule has 0 aromatic heterocycles. The molecule has 278 valence electrons. The van der Waals surface area contributed by atoms with E-state index < -0.39 is 21.9 Å². The van der Waals surface area contributed by atoms with E-state index in [4.69, 9.17) is 9.47 Å². The summed E-state index contributed by atoms with van der Waals surface area (Å²) in [5.41, 5.74) is 0.891. The number of nitrogens with one attached hydrogen (secondary N) is 1. The number of rotatable bonds is 25. The second-order valence-electron chi connectivity index (χ2n) is 13.6. The summed E-state index contributed by atoms with van der Waals surface area (Å²) in [5, 5.41) is 2.80. The highest BCUT2D eigenvalue weighted by Gasteiger charge is 2.34. The van der Waals surface area contributed by atoms with E-state index in [0.29, 0.717) is 30.2 Å². The first-order valence-electron chi connectivity index (χ1n) is 19.1. The summed E-state index contributed by atoms with van der Waals surface area (Å²) < 4.78 is 39.6. The van der Waals surface area contributed by atoms with Crippen LogP contribution in [-0.2, 0) is 19.6 Å². The third-order valence-electron chi connectivity index (χ3n) is 9.41. The number of aliphatic imine (C=N–C) groups is 1. The highest BCUT2D eigenvalue weighted by molar-refractivity contribution is 7.90. The summed E-state index contributed by atoms with van der Waals surface area (Å²) >= 11 is 0. The summed E-state index contributed by atoms with van der Waals surface area (Å²) in [6.07, 6.45) is 20.4. The van der Waals surface area contributed by atoms with E-state index in [2.05, 4.69) is 17.2 Å². The first-order chi connectivity index (χ1) is 24.2. The number of amidine groups is 1. The van der Waals surface area contributed by atoms with Gasteiger partial charge in [-0.3, -0.25) is 9.10 Å². The van der Waals surface area contributed by atoms with Gasteiger partial charge in [0.25, 0.3) is 10.0 Å². The van der Waals surface area contributed by atoms with Crippen LogP contribution in [0.15, 0.2) is 52.4 Å². The van der Waals surface area contributed by atoms with Gasteiger partial charge in [0.1, 0.15) is 16.5 Å². The Hall–Kier alpha value is -3.40. The fourth-order valence-electron chi connectivity index (χ4n) is 6.09. The Morgan fingerprint density at radius 3 is 1.98 bits per heavy atom. The lowest BCUT2D eigenvalue weighted by Gasteiger charge is -2.29. The van der Waals surface area contributed by atoms with Gasteiger partial charge in [0.2, 0.25) is 5.91 Å². The minimum Gasteiger partial charge on any atom is -0.495 e. The quantitative estimate of drug-likeness (QED) is 0.0810. The van der Waals surface area contributed by atoms with Crippen molar-refractivity contribution in [3.05, 3.63) is 48.0 Å². The first-order valence-corrected chi connectivity index (χ1v) is 20.5. The number of hydrogen-bond donors (Lipinski definition) is 1. The zero-order valence-electron chi connectivity index (χ0n) is 31.0. The van der Waals surface area contributed by atoms with E-state index in [1.54, 1.807) is 36.4 Å². The largest absolute Gasteiger partial charge is 0.495 e. The van der Waals surface area contributed by atoms with Gasteiger partial charge >= 0.3 is 5.97 Å². The molecule has 0 aliphatic carbocycles. The Labute approximate surface area is 301 Å². The van der Waals surface area contributed by atoms with Crippen LogP contribution in [0.25, 0.3) is 0 Å². The number of benzene rings is 2. The standard InChI is InChI=1S/C40H61N3O6S/c1-5-7-8-9-10-11-12-13-14-15-16-17-18-19-20-23-28-43-38(41-34-24-21-22-25-37(34)50(43,46)47)30-39(44)42-35-29-33(26-27-36(35)48-4)40(45)49-31-32(3)6-2/h21-22,24-27,29,32H,5-20,23,28,30-31H2,1-4H3,(H,42,44).